The van der Waals surface area contributed by atoms with E-state index in [1.165, 1.54) is 18.5 Å². The van der Waals surface area contributed by atoms with Crippen molar-refractivity contribution in [3.8, 4) is 5.75 Å². The molecule has 1 aliphatic carbocycles. The Hall–Kier alpha value is -2.16. The van der Waals surface area contributed by atoms with E-state index in [0.29, 0.717) is 23.2 Å². The lowest BCUT2D eigenvalue weighted by atomic mass is 10.1. The molecule has 1 aliphatic heterocycles. The molecular weight excluding hydrogens is 402 g/mol. The Bertz CT molecular complexity index is 970. The number of pyridine rings is 1. The van der Waals surface area contributed by atoms with E-state index in [9.17, 15) is 13.2 Å². The van der Waals surface area contributed by atoms with Crippen LogP contribution >= 0.6 is 11.6 Å². The molecule has 1 saturated heterocycles. The summed E-state index contributed by atoms with van der Waals surface area (Å²) in [4.78, 5) is 18.4. The molecule has 2 heterocycles. The van der Waals surface area contributed by atoms with Crippen LogP contribution < -0.4 is 9.46 Å². The number of benzene rings is 1. The molecule has 1 saturated carbocycles. The summed E-state index contributed by atoms with van der Waals surface area (Å²) in [6.07, 6.45) is 4.36. The van der Waals surface area contributed by atoms with Crippen molar-refractivity contribution in [3.63, 3.8) is 0 Å². The Morgan fingerprint density at radius 3 is 2.86 bits per heavy atom. The Labute approximate surface area is 168 Å². The number of aromatic nitrogens is 1. The zero-order valence-electron chi connectivity index (χ0n) is 15.0. The van der Waals surface area contributed by atoms with E-state index < -0.39 is 10.0 Å². The first-order valence-corrected chi connectivity index (χ1v) is 10.9. The molecule has 0 unspecified atom stereocenters. The highest BCUT2D eigenvalue weighted by Gasteiger charge is 2.48. The summed E-state index contributed by atoms with van der Waals surface area (Å²) in [5.74, 6) is 0.665. The van der Waals surface area contributed by atoms with Gasteiger partial charge in [-0.05, 0) is 49.1 Å². The summed E-state index contributed by atoms with van der Waals surface area (Å²) in [5, 5.41) is 0.537. The van der Waals surface area contributed by atoms with Gasteiger partial charge in [0.25, 0.3) is 5.91 Å². The lowest BCUT2D eigenvalue weighted by Gasteiger charge is -2.33. The van der Waals surface area contributed by atoms with Crippen LogP contribution in [-0.2, 0) is 14.8 Å². The van der Waals surface area contributed by atoms with Crippen LogP contribution in [0.3, 0.4) is 0 Å². The second-order valence-electron chi connectivity index (χ2n) is 7.11. The zero-order valence-corrected chi connectivity index (χ0v) is 16.6. The van der Waals surface area contributed by atoms with E-state index in [-0.39, 0.29) is 29.5 Å². The Morgan fingerprint density at radius 1 is 1.29 bits per heavy atom. The number of ether oxygens (including phenoxy) is 1. The third-order valence-electron chi connectivity index (χ3n) is 5.21. The molecule has 1 amide bonds. The average Bonchev–Trinajstić information content (AvgIpc) is 3.27. The SMILES string of the molecule is O=C(COc1cccc(Cl)c1)N1C[C@@H]2C[C@H](NS(=O)(=O)c3cccnc3)[C@H]1C2. The van der Waals surface area contributed by atoms with Crippen LogP contribution in [0.25, 0.3) is 0 Å². The number of nitrogens with zero attached hydrogens (tertiary/aromatic N) is 2. The molecule has 3 atom stereocenters. The van der Waals surface area contributed by atoms with Crippen LogP contribution in [0.4, 0.5) is 0 Å². The molecule has 0 spiro atoms. The van der Waals surface area contributed by atoms with E-state index in [1.54, 1.807) is 35.2 Å². The fourth-order valence-corrected chi connectivity index (χ4v) is 5.42. The van der Waals surface area contributed by atoms with Crippen molar-refractivity contribution in [1.82, 2.24) is 14.6 Å². The largest absolute Gasteiger partial charge is 0.484 e. The molecule has 148 valence electrons. The van der Waals surface area contributed by atoms with Crippen LogP contribution in [0, 0.1) is 5.92 Å². The minimum Gasteiger partial charge on any atom is -0.484 e. The topological polar surface area (TPSA) is 88.6 Å². The smallest absolute Gasteiger partial charge is 0.260 e. The van der Waals surface area contributed by atoms with Crippen LogP contribution in [0.5, 0.6) is 5.75 Å². The van der Waals surface area contributed by atoms with Crippen molar-refractivity contribution >= 4 is 27.5 Å². The van der Waals surface area contributed by atoms with Gasteiger partial charge in [-0.1, -0.05) is 17.7 Å². The third-order valence-corrected chi connectivity index (χ3v) is 6.92. The number of hydrogen-bond donors (Lipinski definition) is 1. The zero-order chi connectivity index (χ0) is 19.7. The van der Waals surface area contributed by atoms with Crippen molar-refractivity contribution in [3.05, 3.63) is 53.8 Å². The quantitative estimate of drug-likeness (QED) is 0.771. The molecule has 2 aromatic rings. The van der Waals surface area contributed by atoms with Crippen molar-refractivity contribution in [2.75, 3.05) is 13.2 Å². The third kappa shape index (κ3) is 3.99. The Kier molecular flexibility index (Phi) is 5.27. The molecule has 1 N–H and O–H groups in total. The van der Waals surface area contributed by atoms with Gasteiger partial charge in [0.2, 0.25) is 10.0 Å². The number of halogens is 1. The average molecular weight is 422 g/mol. The van der Waals surface area contributed by atoms with E-state index in [2.05, 4.69) is 9.71 Å². The molecule has 2 aliphatic rings. The summed E-state index contributed by atoms with van der Waals surface area (Å²) in [5.41, 5.74) is 0. The summed E-state index contributed by atoms with van der Waals surface area (Å²) in [7, 11) is -3.67. The van der Waals surface area contributed by atoms with Crippen LogP contribution in [-0.4, -0.2) is 49.4 Å². The number of nitrogens with one attached hydrogen (secondary N) is 1. The van der Waals surface area contributed by atoms with Gasteiger partial charge in [0.05, 0.1) is 0 Å². The first kappa shape index (κ1) is 19.2. The number of fused-ring (bicyclic) bond motifs is 2. The summed E-state index contributed by atoms with van der Waals surface area (Å²) in [6.45, 7) is 0.527. The number of rotatable bonds is 6. The van der Waals surface area contributed by atoms with Gasteiger partial charge in [0, 0.05) is 36.0 Å². The Morgan fingerprint density at radius 2 is 2.14 bits per heavy atom. The maximum atomic E-state index is 12.7. The van der Waals surface area contributed by atoms with Gasteiger partial charge in [0.15, 0.2) is 6.61 Å². The van der Waals surface area contributed by atoms with Crippen molar-refractivity contribution < 1.29 is 17.9 Å². The molecule has 9 heteroatoms. The molecule has 2 bridgehead atoms. The second kappa shape index (κ2) is 7.69. The van der Waals surface area contributed by atoms with Gasteiger partial charge in [-0.25, -0.2) is 13.1 Å². The summed E-state index contributed by atoms with van der Waals surface area (Å²) >= 11 is 5.92. The number of likely N-dealkylation sites (tertiary alicyclic amines) is 1. The number of amides is 1. The molecule has 4 rings (SSSR count). The lowest BCUT2D eigenvalue weighted by molar-refractivity contribution is -0.135. The highest BCUT2D eigenvalue weighted by Crippen LogP contribution is 2.38. The lowest BCUT2D eigenvalue weighted by Crippen LogP contribution is -2.52. The molecule has 7 nitrogen and oxygen atoms in total. The second-order valence-corrected chi connectivity index (χ2v) is 9.26. The fourth-order valence-electron chi connectivity index (χ4n) is 4.00. The van der Waals surface area contributed by atoms with Gasteiger partial charge in [-0.15, -0.1) is 0 Å². The molecule has 2 fully saturated rings. The predicted molar refractivity (Wildman–Crippen MR) is 104 cm³/mol. The monoisotopic (exact) mass is 421 g/mol. The van der Waals surface area contributed by atoms with Crippen molar-refractivity contribution in [2.24, 2.45) is 5.92 Å². The number of piperidine rings is 1. The Balaban J connectivity index is 1.40. The normalized spacial score (nSPS) is 23.8. The van der Waals surface area contributed by atoms with E-state index >= 15 is 0 Å². The number of carbonyl (C=O) groups is 1. The standard InChI is InChI=1S/C19H20ClN3O4S/c20-14-3-1-4-15(9-14)27-12-19(24)23-11-13-7-17(18(23)8-13)22-28(25,26)16-5-2-6-21-10-16/h1-6,9-10,13,17-18,22H,7-8,11-12H2/t13-,17+,18-/m1/s1. The van der Waals surface area contributed by atoms with Gasteiger partial charge >= 0.3 is 0 Å². The summed E-state index contributed by atoms with van der Waals surface area (Å²) in [6, 6.07) is 9.49. The number of carbonyl (C=O) groups excluding carboxylic acids is 1. The van der Waals surface area contributed by atoms with Crippen LogP contribution in [0.15, 0.2) is 53.7 Å². The predicted octanol–water partition coefficient (Wildman–Crippen LogP) is 2.08. The van der Waals surface area contributed by atoms with Gasteiger partial charge in [0.1, 0.15) is 10.6 Å². The molecule has 0 radical (unpaired) electrons. The van der Waals surface area contributed by atoms with E-state index in [4.69, 9.17) is 16.3 Å². The molecule has 1 aromatic heterocycles. The molecule has 28 heavy (non-hydrogen) atoms. The van der Waals surface area contributed by atoms with E-state index in [0.717, 1.165) is 12.8 Å². The minimum absolute atomic E-state index is 0.106. The summed E-state index contributed by atoms with van der Waals surface area (Å²) < 4.78 is 33.5. The number of hydrogen-bond acceptors (Lipinski definition) is 5. The number of sulfonamides is 1. The first-order chi connectivity index (χ1) is 13.4. The van der Waals surface area contributed by atoms with Gasteiger partial charge in [-0.3, -0.25) is 9.78 Å². The van der Waals surface area contributed by atoms with Crippen LogP contribution in [0.1, 0.15) is 12.8 Å². The van der Waals surface area contributed by atoms with Gasteiger partial charge in [-0.2, -0.15) is 0 Å². The minimum atomic E-state index is -3.67. The van der Waals surface area contributed by atoms with Crippen LogP contribution in [0.2, 0.25) is 5.02 Å². The highest BCUT2D eigenvalue weighted by molar-refractivity contribution is 7.89. The fraction of sp³-hybridized carbons (Fsp3) is 0.368. The maximum Gasteiger partial charge on any atom is 0.260 e. The molecule has 1 aromatic carbocycles. The van der Waals surface area contributed by atoms with E-state index in [1.807, 2.05) is 0 Å². The van der Waals surface area contributed by atoms with Crippen molar-refractivity contribution in [2.45, 2.75) is 29.8 Å². The van der Waals surface area contributed by atoms with Crippen molar-refractivity contribution in [1.29, 1.82) is 0 Å². The molecular formula is C19H20ClN3O4S. The first-order valence-electron chi connectivity index (χ1n) is 9.02. The highest BCUT2D eigenvalue weighted by atomic mass is 35.5. The van der Waals surface area contributed by atoms with Gasteiger partial charge < -0.3 is 9.64 Å². The maximum absolute atomic E-state index is 12.7.